The number of methoxy groups -OCH3 is 1. The second kappa shape index (κ2) is 7.73. The molecule has 1 fully saturated rings. The van der Waals surface area contributed by atoms with Gasteiger partial charge in [-0.25, -0.2) is 4.79 Å². The Bertz CT molecular complexity index is 826. The first-order chi connectivity index (χ1) is 13.2. The van der Waals surface area contributed by atoms with Crippen LogP contribution < -0.4 is 9.64 Å². The average Bonchev–Trinajstić information content (AvgIpc) is 2.98. The van der Waals surface area contributed by atoms with Crippen LogP contribution in [0.25, 0.3) is 5.82 Å². The monoisotopic (exact) mass is 386 g/mol. The van der Waals surface area contributed by atoms with Crippen LogP contribution >= 0.6 is 0 Å². The normalized spacial score (nSPS) is 14.9. The van der Waals surface area contributed by atoms with Gasteiger partial charge in [-0.2, -0.15) is 4.98 Å². The van der Waals surface area contributed by atoms with E-state index in [-0.39, 0.29) is 6.09 Å². The molecule has 0 spiro atoms. The smallest absolute Gasteiger partial charge is 0.410 e. The fourth-order valence-electron chi connectivity index (χ4n) is 3.42. The number of carbonyl (C=O) groups is 1. The van der Waals surface area contributed by atoms with Gasteiger partial charge in [-0.05, 0) is 58.9 Å². The number of piperazine rings is 1. The lowest BCUT2D eigenvalue weighted by atomic mass is 10.2. The van der Waals surface area contributed by atoms with Crippen LogP contribution in [0.15, 0.2) is 24.3 Å². The van der Waals surface area contributed by atoms with Crippen LogP contribution in [-0.2, 0) is 4.74 Å². The second-order valence-electron chi connectivity index (χ2n) is 8.10. The summed E-state index contributed by atoms with van der Waals surface area (Å²) in [6.07, 6.45) is -0.258. The highest BCUT2D eigenvalue weighted by molar-refractivity contribution is 5.69. The Hall–Kier alpha value is -2.70. The Morgan fingerprint density at radius 1 is 1.00 bits per heavy atom. The lowest BCUT2D eigenvalue weighted by molar-refractivity contribution is 0.0240. The molecule has 3 rings (SSSR count). The van der Waals surface area contributed by atoms with E-state index in [0.717, 1.165) is 22.9 Å². The van der Waals surface area contributed by atoms with E-state index >= 15 is 0 Å². The number of rotatable bonds is 3. The van der Waals surface area contributed by atoms with Crippen molar-refractivity contribution in [2.45, 2.75) is 40.2 Å². The molecule has 2 aromatic rings. The Kier molecular flexibility index (Phi) is 5.54. The molecule has 1 aliphatic rings. The van der Waals surface area contributed by atoms with E-state index in [1.807, 2.05) is 32.9 Å². The summed E-state index contributed by atoms with van der Waals surface area (Å²) in [6.45, 7) is 12.4. The van der Waals surface area contributed by atoms with Crippen LogP contribution in [0.1, 0.15) is 32.2 Å². The van der Waals surface area contributed by atoms with Gasteiger partial charge in [0.25, 0.3) is 0 Å². The zero-order chi connectivity index (χ0) is 20.5. The van der Waals surface area contributed by atoms with E-state index in [1.54, 1.807) is 12.0 Å². The number of aromatic nitrogens is 2. The highest BCUT2D eigenvalue weighted by Crippen LogP contribution is 2.29. The molecule has 0 atom stereocenters. The molecule has 0 aromatic carbocycles. The summed E-state index contributed by atoms with van der Waals surface area (Å²) in [7, 11) is 1.64. The Morgan fingerprint density at radius 3 is 2.14 bits per heavy atom. The molecule has 0 aliphatic carbocycles. The van der Waals surface area contributed by atoms with Gasteiger partial charge in [0, 0.05) is 37.6 Å². The average molecular weight is 386 g/mol. The van der Waals surface area contributed by atoms with Gasteiger partial charge in [0.05, 0.1) is 7.11 Å². The number of anilines is 1. The summed E-state index contributed by atoms with van der Waals surface area (Å²) < 4.78 is 13.2. The molecule has 0 unspecified atom stereocenters. The van der Waals surface area contributed by atoms with E-state index < -0.39 is 5.60 Å². The molecule has 3 heterocycles. The van der Waals surface area contributed by atoms with Gasteiger partial charge in [0.2, 0.25) is 5.88 Å². The summed E-state index contributed by atoms with van der Waals surface area (Å²) in [5.41, 5.74) is 2.72. The minimum absolute atomic E-state index is 0.258. The van der Waals surface area contributed by atoms with Gasteiger partial charge in [0.1, 0.15) is 17.1 Å². The molecule has 0 saturated carbocycles. The molecular formula is C21H30N4O3. The summed E-state index contributed by atoms with van der Waals surface area (Å²) in [5, 5.41) is 0. The van der Waals surface area contributed by atoms with Gasteiger partial charge < -0.3 is 23.8 Å². The largest absolute Gasteiger partial charge is 0.479 e. The molecule has 0 radical (unpaired) electrons. The van der Waals surface area contributed by atoms with Crippen molar-refractivity contribution in [3.63, 3.8) is 0 Å². The van der Waals surface area contributed by atoms with Gasteiger partial charge in [-0.3, -0.25) is 0 Å². The summed E-state index contributed by atoms with van der Waals surface area (Å²) in [4.78, 5) is 20.9. The van der Waals surface area contributed by atoms with Crippen molar-refractivity contribution in [1.29, 1.82) is 0 Å². The van der Waals surface area contributed by atoms with E-state index in [1.165, 1.54) is 0 Å². The van der Waals surface area contributed by atoms with E-state index in [0.29, 0.717) is 32.1 Å². The first-order valence-electron chi connectivity index (χ1n) is 9.63. The molecule has 0 bridgehead atoms. The molecular weight excluding hydrogens is 356 g/mol. The van der Waals surface area contributed by atoms with Crippen LogP contribution in [-0.4, -0.2) is 59.4 Å². The van der Waals surface area contributed by atoms with E-state index in [9.17, 15) is 4.79 Å². The summed E-state index contributed by atoms with van der Waals surface area (Å²) in [6, 6.07) is 8.21. The number of pyridine rings is 1. The molecule has 7 nitrogen and oxygen atoms in total. The van der Waals surface area contributed by atoms with Crippen LogP contribution in [0.3, 0.4) is 0 Å². The second-order valence-corrected chi connectivity index (χ2v) is 8.10. The fraction of sp³-hybridized carbons (Fsp3) is 0.524. The minimum atomic E-state index is -0.480. The number of ether oxygens (including phenoxy) is 2. The first kappa shape index (κ1) is 20.0. The number of amides is 1. The maximum Gasteiger partial charge on any atom is 0.410 e. The standard InChI is InChI=1S/C21H30N4O3/c1-15-7-8-16(2)25(15)18-10-9-17(19(22-18)27-6)23-11-13-24(14-12-23)20(26)28-21(3,4)5/h7-10H,11-14H2,1-6H3. The first-order valence-corrected chi connectivity index (χ1v) is 9.63. The number of aryl methyl sites for hydroxylation is 2. The lowest BCUT2D eigenvalue weighted by Crippen LogP contribution is -2.50. The van der Waals surface area contributed by atoms with Gasteiger partial charge in [0.15, 0.2) is 0 Å². The fourth-order valence-corrected chi connectivity index (χ4v) is 3.42. The quantitative estimate of drug-likeness (QED) is 0.807. The number of hydrogen-bond donors (Lipinski definition) is 0. The molecule has 7 heteroatoms. The maximum absolute atomic E-state index is 12.3. The zero-order valence-electron chi connectivity index (χ0n) is 17.7. The Labute approximate surface area is 166 Å². The molecule has 0 N–H and O–H groups in total. The van der Waals surface area contributed by atoms with Gasteiger partial charge >= 0.3 is 6.09 Å². The van der Waals surface area contributed by atoms with Gasteiger partial charge in [-0.15, -0.1) is 0 Å². The molecule has 1 saturated heterocycles. The lowest BCUT2D eigenvalue weighted by Gasteiger charge is -2.37. The van der Waals surface area contributed by atoms with Crippen molar-refractivity contribution in [3.05, 3.63) is 35.7 Å². The number of nitrogens with zero attached hydrogens (tertiary/aromatic N) is 4. The van der Waals surface area contributed by atoms with Gasteiger partial charge in [-0.1, -0.05) is 0 Å². The number of carbonyl (C=O) groups excluding carboxylic acids is 1. The third kappa shape index (κ3) is 4.24. The van der Waals surface area contributed by atoms with Crippen LogP contribution in [0.5, 0.6) is 5.88 Å². The zero-order valence-corrected chi connectivity index (χ0v) is 17.7. The van der Waals surface area contributed by atoms with Crippen molar-refractivity contribution in [2.24, 2.45) is 0 Å². The van der Waals surface area contributed by atoms with Crippen molar-refractivity contribution in [1.82, 2.24) is 14.5 Å². The van der Waals surface area contributed by atoms with E-state index in [2.05, 4.69) is 35.4 Å². The Morgan fingerprint density at radius 2 is 1.61 bits per heavy atom. The van der Waals surface area contributed by atoms with Crippen molar-refractivity contribution in [3.8, 4) is 11.7 Å². The Balaban J connectivity index is 1.74. The third-order valence-electron chi connectivity index (χ3n) is 4.79. The predicted molar refractivity (Wildman–Crippen MR) is 110 cm³/mol. The van der Waals surface area contributed by atoms with Crippen LogP contribution in [0.4, 0.5) is 10.5 Å². The molecule has 152 valence electrons. The SMILES string of the molecule is COc1nc(-n2c(C)ccc2C)ccc1N1CCN(C(=O)OC(C)(C)C)CC1. The predicted octanol–water partition coefficient (Wildman–Crippen LogP) is 3.55. The highest BCUT2D eigenvalue weighted by Gasteiger charge is 2.27. The molecule has 28 heavy (non-hydrogen) atoms. The molecule has 1 amide bonds. The van der Waals surface area contributed by atoms with Crippen molar-refractivity contribution < 1.29 is 14.3 Å². The van der Waals surface area contributed by atoms with Crippen molar-refractivity contribution in [2.75, 3.05) is 38.2 Å². The van der Waals surface area contributed by atoms with Crippen LogP contribution in [0, 0.1) is 13.8 Å². The minimum Gasteiger partial charge on any atom is -0.479 e. The summed E-state index contributed by atoms with van der Waals surface area (Å²) in [5.74, 6) is 1.43. The molecule has 1 aliphatic heterocycles. The van der Waals surface area contributed by atoms with Crippen LogP contribution in [0.2, 0.25) is 0 Å². The maximum atomic E-state index is 12.3. The molecule has 2 aromatic heterocycles. The highest BCUT2D eigenvalue weighted by atomic mass is 16.6. The number of hydrogen-bond acceptors (Lipinski definition) is 5. The topological polar surface area (TPSA) is 59.8 Å². The van der Waals surface area contributed by atoms with E-state index in [4.69, 9.17) is 14.5 Å². The summed E-state index contributed by atoms with van der Waals surface area (Å²) >= 11 is 0. The third-order valence-corrected chi connectivity index (χ3v) is 4.79. The van der Waals surface area contributed by atoms with Crippen molar-refractivity contribution >= 4 is 11.8 Å².